The van der Waals surface area contributed by atoms with E-state index in [-0.39, 0.29) is 18.2 Å². The number of halogens is 1. The maximum atomic E-state index is 12.3. The molecule has 1 amide bonds. The van der Waals surface area contributed by atoms with E-state index in [1.54, 1.807) is 12.1 Å². The number of hydrogen-bond acceptors (Lipinski definition) is 3. The summed E-state index contributed by atoms with van der Waals surface area (Å²) in [6.45, 7) is 0.104. The first-order valence-electron chi connectivity index (χ1n) is 7.13. The molecule has 0 fully saturated rings. The lowest BCUT2D eigenvalue weighted by atomic mass is 9.99. The van der Waals surface area contributed by atoms with E-state index < -0.39 is 9.84 Å². The molecule has 122 valence electrons. The summed E-state index contributed by atoms with van der Waals surface area (Å²) in [7, 11) is -3.09. The first kappa shape index (κ1) is 17.5. The van der Waals surface area contributed by atoms with Crippen molar-refractivity contribution in [3.05, 3.63) is 70.2 Å². The van der Waals surface area contributed by atoms with Crippen molar-refractivity contribution in [2.75, 3.05) is 18.6 Å². The highest BCUT2D eigenvalue weighted by Gasteiger charge is 2.12. The van der Waals surface area contributed by atoms with Gasteiger partial charge in [-0.2, -0.15) is 0 Å². The van der Waals surface area contributed by atoms with Gasteiger partial charge in [-0.15, -0.1) is 0 Å². The Bertz CT molecular complexity index is 786. The van der Waals surface area contributed by atoms with E-state index in [9.17, 15) is 13.2 Å². The molecule has 0 saturated heterocycles. The van der Waals surface area contributed by atoms with Gasteiger partial charge in [-0.25, -0.2) is 8.42 Å². The predicted molar refractivity (Wildman–Crippen MR) is 92.7 cm³/mol. The van der Waals surface area contributed by atoms with Gasteiger partial charge < -0.3 is 5.32 Å². The molecule has 0 heterocycles. The minimum absolute atomic E-state index is 0.0713. The molecule has 0 aliphatic heterocycles. The first-order chi connectivity index (χ1) is 10.8. The van der Waals surface area contributed by atoms with Gasteiger partial charge in [0.1, 0.15) is 9.84 Å². The summed E-state index contributed by atoms with van der Waals surface area (Å²) >= 11 is 5.88. The van der Waals surface area contributed by atoms with Crippen molar-refractivity contribution in [3.8, 4) is 0 Å². The van der Waals surface area contributed by atoms with Crippen LogP contribution in [0.2, 0.25) is 5.02 Å². The first-order valence-corrected chi connectivity index (χ1v) is 9.57. The van der Waals surface area contributed by atoms with E-state index in [2.05, 4.69) is 5.32 Å². The normalized spacial score (nSPS) is 11.2. The molecule has 0 saturated carbocycles. The van der Waals surface area contributed by atoms with Crippen LogP contribution in [0.15, 0.2) is 48.5 Å². The molecule has 0 aliphatic rings. The Hall–Kier alpha value is -1.85. The number of carbonyl (C=O) groups is 1. The summed E-state index contributed by atoms with van der Waals surface area (Å²) in [6.07, 6.45) is 1.75. The number of rotatable bonds is 6. The van der Waals surface area contributed by atoms with Crippen LogP contribution in [0.1, 0.15) is 21.5 Å². The minimum Gasteiger partial charge on any atom is -0.351 e. The molecule has 4 nitrogen and oxygen atoms in total. The van der Waals surface area contributed by atoms with Crippen LogP contribution in [0.25, 0.3) is 0 Å². The molecule has 0 unspecified atom stereocenters. The summed E-state index contributed by atoms with van der Waals surface area (Å²) in [6, 6.07) is 14.7. The molecule has 2 aromatic carbocycles. The number of benzene rings is 2. The molecule has 6 heteroatoms. The average Bonchev–Trinajstić information content (AvgIpc) is 2.49. The Morgan fingerprint density at radius 1 is 1.09 bits per heavy atom. The van der Waals surface area contributed by atoms with Crippen LogP contribution < -0.4 is 5.32 Å². The largest absolute Gasteiger partial charge is 0.351 e. The number of sulfone groups is 1. The molecule has 2 aromatic rings. The van der Waals surface area contributed by atoms with Crippen molar-refractivity contribution in [2.45, 2.75) is 6.42 Å². The van der Waals surface area contributed by atoms with E-state index in [1.165, 1.54) is 0 Å². The third-order valence-electron chi connectivity index (χ3n) is 3.33. The maximum Gasteiger partial charge on any atom is 0.251 e. The molecule has 0 radical (unpaired) electrons. The molecule has 2 rings (SSSR count). The van der Waals surface area contributed by atoms with Crippen LogP contribution >= 0.6 is 11.6 Å². The summed E-state index contributed by atoms with van der Waals surface area (Å²) in [4.78, 5) is 12.3. The molecular weight excluding hydrogens is 334 g/mol. The fraction of sp³-hybridized carbons (Fsp3) is 0.235. The topological polar surface area (TPSA) is 63.2 Å². The van der Waals surface area contributed by atoms with Crippen molar-refractivity contribution in [2.24, 2.45) is 0 Å². The van der Waals surface area contributed by atoms with E-state index in [0.717, 1.165) is 17.4 Å². The minimum atomic E-state index is -3.09. The fourth-order valence-electron chi connectivity index (χ4n) is 2.16. The molecule has 0 aromatic heterocycles. The third-order valence-corrected chi connectivity index (χ3v) is 4.53. The van der Waals surface area contributed by atoms with Gasteiger partial charge >= 0.3 is 0 Å². The Kier molecular flexibility index (Phi) is 5.80. The van der Waals surface area contributed by atoms with Gasteiger partial charge in [0.05, 0.1) is 5.75 Å². The number of amides is 1. The van der Waals surface area contributed by atoms with Gasteiger partial charge in [0.25, 0.3) is 5.91 Å². The molecule has 23 heavy (non-hydrogen) atoms. The smallest absolute Gasteiger partial charge is 0.251 e. The van der Waals surface area contributed by atoms with Gasteiger partial charge in [-0.1, -0.05) is 41.9 Å². The van der Waals surface area contributed by atoms with Crippen molar-refractivity contribution in [1.29, 1.82) is 0 Å². The summed E-state index contributed by atoms with van der Waals surface area (Å²) < 4.78 is 22.2. The fourth-order valence-corrected chi connectivity index (χ4v) is 2.76. The van der Waals surface area contributed by atoms with Crippen LogP contribution in [-0.2, 0) is 16.3 Å². The Balaban J connectivity index is 2.10. The van der Waals surface area contributed by atoms with E-state index in [0.29, 0.717) is 17.0 Å². The molecule has 0 bridgehead atoms. The van der Waals surface area contributed by atoms with Crippen LogP contribution in [0, 0.1) is 0 Å². The summed E-state index contributed by atoms with van der Waals surface area (Å²) in [5, 5.41) is 3.32. The van der Waals surface area contributed by atoms with E-state index >= 15 is 0 Å². The monoisotopic (exact) mass is 351 g/mol. The van der Waals surface area contributed by atoms with Crippen molar-refractivity contribution in [1.82, 2.24) is 5.32 Å². The molecule has 0 spiro atoms. The van der Waals surface area contributed by atoms with Crippen molar-refractivity contribution in [3.63, 3.8) is 0 Å². The van der Waals surface area contributed by atoms with Gasteiger partial charge in [-0.05, 0) is 35.7 Å². The Morgan fingerprint density at radius 2 is 1.74 bits per heavy atom. The SMILES string of the molecule is CS(=O)(=O)CCNC(=O)c1ccccc1Cc1ccc(Cl)cc1. The zero-order valence-corrected chi connectivity index (χ0v) is 14.3. The van der Waals surface area contributed by atoms with Crippen LogP contribution in [0.5, 0.6) is 0 Å². The standard InChI is InChI=1S/C17H18ClNO3S/c1-23(21,22)11-10-19-17(20)16-5-3-2-4-14(16)12-13-6-8-15(18)9-7-13/h2-9H,10-12H2,1H3,(H,19,20). The van der Waals surface area contributed by atoms with Crippen molar-refractivity contribution < 1.29 is 13.2 Å². The Morgan fingerprint density at radius 3 is 2.39 bits per heavy atom. The van der Waals surface area contributed by atoms with Crippen LogP contribution in [-0.4, -0.2) is 32.9 Å². The molecule has 0 aliphatic carbocycles. The highest BCUT2D eigenvalue weighted by Crippen LogP contribution is 2.16. The third kappa shape index (κ3) is 5.69. The average molecular weight is 352 g/mol. The second kappa shape index (κ2) is 7.62. The highest BCUT2D eigenvalue weighted by atomic mass is 35.5. The number of hydrogen-bond donors (Lipinski definition) is 1. The summed E-state index contributed by atoms with van der Waals surface area (Å²) in [5.41, 5.74) is 2.48. The lowest BCUT2D eigenvalue weighted by Gasteiger charge is -2.10. The van der Waals surface area contributed by atoms with Gasteiger partial charge in [0.15, 0.2) is 0 Å². The zero-order valence-electron chi connectivity index (χ0n) is 12.8. The second-order valence-electron chi connectivity index (χ2n) is 5.35. The van der Waals surface area contributed by atoms with Gasteiger partial charge in [-0.3, -0.25) is 4.79 Å². The Labute approximate surface area is 141 Å². The number of carbonyl (C=O) groups excluding carboxylic acids is 1. The molecule has 0 atom stereocenters. The van der Waals surface area contributed by atoms with E-state index in [4.69, 9.17) is 11.6 Å². The van der Waals surface area contributed by atoms with E-state index in [1.807, 2.05) is 36.4 Å². The highest BCUT2D eigenvalue weighted by molar-refractivity contribution is 7.90. The molecule has 1 N–H and O–H groups in total. The lowest BCUT2D eigenvalue weighted by molar-refractivity contribution is 0.0955. The van der Waals surface area contributed by atoms with Gasteiger partial charge in [0.2, 0.25) is 0 Å². The zero-order chi connectivity index (χ0) is 16.9. The predicted octanol–water partition coefficient (Wildman–Crippen LogP) is 2.71. The van der Waals surface area contributed by atoms with Crippen LogP contribution in [0.3, 0.4) is 0 Å². The van der Waals surface area contributed by atoms with Crippen LogP contribution in [0.4, 0.5) is 0 Å². The maximum absolute atomic E-state index is 12.3. The second-order valence-corrected chi connectivity index (χ2v) is 8.04. The quantitative estimate of drug-likeness (QED) is 0.870. The van der Waals surface area contributed by atoms with Crippen molar-refractivity contribution >= 4 is 27.3 Å². The lowest BCUT2D eigenvalue weighted by Crippen LogP contribution is -2.29. The number of nitrogens with one attached hydrogen (secondary N) is 1. The molecular formula is C17H18ClNO3S. The summed E-state index contributed by atoms with van der Waals surface area (Å²) in [5.74, 6) is -0.337. The van der Waals surface area contributed by atoms with Gasteiger partial charge in [0, 0.05) is 23.4 Å².